The standard InChI is InChI=1S/C27H29N3O5/c1-28(2)25(31)12-7-18-6-11-22-20(10-13-26(32)29(3)4)16-30(23(22)14-18)17-21-9-8-19(27(33)34)15-24(21)35-5/h6-16H,17H2,1-5H3,(H,33,34)/b12-7+,13-10+. The monoisotopic (exact) mass is 475 g/mol. The summed E-state index contributed by atoms with van der Waals surface area (Å²) in [4.78, 5) is 38.4. The van der Waals surface area contributed by atoms with Crippen molar-refractivity contribution in [2.75, 3.05) is 35.3 Å². The molecular weight excluding hydrogens is 446 g/mol. The van der Waals surface area contributed by atoms with Crippen molar-refractivity contribution in [3.8, 4) is 5.75 Å². The first-order valence-electron chi connectivity index (χ1n) is 10.9. The minimum absolute atomic E-state index is 0.116. The number of ether oxygens (including phenoxy) is 1. The molecule has 1 heterocycles. The largest absolute Gasteiger partial charge is 0.496 e. The Labute approximate surface area is 204 Å². The van der Waals surface area contributed by atoms with E-state index < -0.39 is 5.97 Å². The average Bonchev–Trinajstić information content (AvgIpc) is 3.17. The van der Waals surface area contributed by atoms with E-state index >= 15 is 0 Å². The highest BCUT2D eigenvalue weighted by Gasteiger charge is 2.13. The zero-order valence-electron chi connectivity index (χ0n) is 20.5. The van der Waals surface area contributed by atoms with Crippen molar-refractivity contribution in [2.45, 2.75) is 6.54 Å². The maximum absolute atomic E-state index is 12.1. The smallest absolute Gasteiger partial charge is 0.335 e. The van der Waals surface area contributed by atoms with Gasteiger partial charge in [0.1, 0.15) is 5.75 Å². The molecule has 2 aromatic carbocycles. The summed E-state index contributed by atoms with van der Waals surface area (Å²) in [5.74, 6) is -0.796. The van der Waals surface area contributed by atoms with Crippen molar-refractivity contribution in [3.63, 3.8) is 0 Å². The van der Waals surface area contributed by atoms with Crippen molar-refractivity contribution in [1.82, 2.24) is 14.4 Å². The average molecular weight is 476 g/mol. The van der Waals surface area contributed by atoms with E-state index in [0.29, 0.717) is 12.3 Å². The summed E-state index contributed by atoms with van der Waals surface area (Å²) >= 11 is 0. The third-order valence-electron chi connectivity index (χ3n) is 5.52. The summed E-state index contributed by atoms with van der Waals surface area (Å²) in [5, 5.41) is 10.2. The number of benzene rings is 2. The van der Waals surface area contributed by atoms with Gasteiger partial charge in [0.2, 0.25) is 11.8 Å². The zero-order chi connectivity index (χ0) is 25.7. The molecule has 8 nitrogen and oxygen atoms in total. The Balaban J connectivity index is 2.09. The molecule has 0 spiro atoms. The minimum Gasteiger partial charge on any atom is -0.496 e. The van der Waals surface area contributed by atoms with Gasteiger partial charge in [-0.15, -0.1) is 0 Å². The van der Waals surface area contributed by atoms with E-state index in [0.717, 1.165) is 27.6 Å². The highest BCUT2D eigenvalue weighted by molar-refractivity contribution is 5.97. The Morgan fingerprint density at radius 1 is 0.943 bits per heavy atom. The number of hydrogen-bond acceptors (Lipinski definition) is 4. The lowest BCUT2D eigenvalue weighted by Crippen LogP contribution is -2.18. The van der Waals surface area contributed by atoms with Gasteiger partial charge in [0.15, 0.2) is 0 Å². The highest BCUT2D eigenvalue weighted by atomic mass is 16.5. The summed E-state index contributed by atoms with van der Waals surface area (Å²) in [7, 11) is 8.27. The van der Waals surface area contributed by atoms with Crippen molar-refractivity contribution in [2.24, 2.45) is 0 Å². The Hall–Kier alpha value is -4.33. The van der Waals surface area contributed by atoms with Crippen LogP contribution in [0.15, 0.2) is 54.7 Å². The van der Waals surface area contributed by atoms with Crippen molar-refractivity contribution in [1.29, 1.82) is 0 Å². The van der Waals surface area contributed by atoms with Crippen LogP contribution in [0.2, 0.25) is 0 Å². The quantitative estimate of drug-likeness (QED) is 0.503. The second-order valence-corrected chi connectivity index (χ2v) is 8.45. The molecule has 8 heteroatoms. The van der Waals surface area contributed by atoms with Gasteiger partial charge in [0.25, 0.3) is 0 Å². The molecular formula is C27H29N3O5. The van der Waals surface area contributed by atoms with Gasteiger partial charge >= 0.3 is 5.97 Å². The number of methoxy groups -OCH3 is 1. The van der Waals surface area contributed by atoms with Crippen molar-refractivity contribution >= 4 is 40.8 Å². The molecule has 0 saturated heterocycles. The molecule has 182 valence electrons. The van der Waals surface area contributed by atoms with Crippen LogP contribution >= 0.6 is 0 Å². The number of carbonyl (C=O) groups is 3. The van der Waals surface area contributed by atoms with E-state index in [4.69, 9.17) is 4.74 Å². The van der Waals surface area contributed by atoms with Crippen LogP contribution in [0.25, 0.3) is 23.1 Å². The van der Waals surface area contributed by atoms with Crippen LogP contribution in [0.5, 0.6) is 5.75 Å². The van der Waals surface area contributed by atoms with Gasteiger partial charge in [-0.25, -0.2) is 4.79 Å². The molecule has 0 aliphatic heterocycles. The summed E-state index contributed by atoms with van der Waals surface area (Å²) in [5.41, 5.74) is 3.55. The van der Waals surface area contributed by atoms with Crippen molar-refractivity contribution < 1.29 is 24.2 Å². The number of aromatic carboxylic acids is 1. The summed E-state index contributed by atoms with van der Waals surface area (Å²) < 4.78 is 7.46. The Kier molecular flexibility index (Phi) is 7.76. The summed E-state index contributed by atoms with van der Waals surface area (Å²) in [6, 6.07) is 10.6. The first-order chi connectivity index (χ1) is 16.6. The topological polar surface area (TPSA) is 92.1 Å². The van der Waals surface area contributed by atoms with Gasteiger partial charge in [0, 0.05) is 68.6 Å². The Bertz CT molecular complexity index is 1330. The fraction of sp³-hybridized carbons (Fsp3) is 0.222. The van der Waals surface area contributed by atoms with Gasteiger partial charge in [-0.05, 0) is 35.9 Å². The number of carboxylic acid groups (broad SMARTS) is 1. The number of nitrogens with zero attached hydrogens (tertiary/aromatic N) is 3. The molecule has 0 fully saturated rings. The first kappa shape index (κ1) is 25.3. The van der Waals surface area contributed by atoms with Gasteiger partial charge in [-0.3, -0.25) is 9.59 Å². The normalized spacial score (nSPS) is 11.3. The van der Waals surface area contributed by atoms with Crippen LogP contribution < -0.4 is 4.74 Å². The predicted octanol–water partition coefficient (Wildman–Crippen LogP) is 3.60. The number of hydrogen-bond donors (Lipinski definition) is 1. The maximum atomic E-state index is 12.1. The Morgan fingerprint density at radius 2 is 1.60 bits per heavy atom. The number of rotatable bonds is 8. The highest BCUT2D eigenvalue weighted by Crippen LogP contribution is 2.28. The molecule has 0 saturated carbocycles. The van der Waals surface area contributed by atoms with Crippen molar-refractivity contribution in [3.05, 3.63) is 77.0 Å². The number of carbonyl (C=O) groups excluding carboxylic acids is 2. The molecule has 3 aromatic rings. The lowest BCUT2D eigenvalue weighted by molar-refractivity contribution is -0.124. The lowest BCUT2D eigenvalue weighted by Gasteiger charge is -2.12. The Morgan fingerprint density at radius 3 is 2.20 bits per heavy atom. The lowest BCUT2D eigenvalue weighted by atomic mass is 10.1. The minimum atomic E-state index is -1.03. The molecule has 35 heavy (non-hydrogen) atoms. The van der Waals surface area contributed by atoms with Gasteiger partial charge in [0.05, 0.1) is 19.2 Å². The van der Waals surface area contributed by atoms with Crippen LogP contribution in [0.1, 0.15) is 27.0 Å². The second-order valence-electron chi connectivity index (χ2n) is 8.45. The molecule has 1 aromatic heterocycles. The van der Waals surface area contributed by atoms with Crippen LogP contribution in [0.4, 0.5) is 0 Å². The van der Waals surface area contributed by atoms with Gasteiger partial charge in [-0.1, -0.05) is 18.2 Å². The molecule has 3 rings (SSSR count). The SMILES string of the molecule is COc1cc(C(=O)O)ccc1Cn1cc(/C=C/C(=O)N(C)C)c2ccc(/C=C/C(=O)N(C)C)cc21. The molecule has 2 amide bonds. The molecule has 0 bridgehead atoms. The molecule has 0 unspecified atom stereocenters. The van der Waals surface area contributed by atoms with Crippen LogP contribution in [-0.4, -0.2) is 72.6 Å². The van der Waals surface area contributed by atoms with E-state index in [1.807, 2.05) is 29.0 Å². The molecule has 0 atom stereocenters. The summed E-state index contributed by atoms with van der Waals surface area (Å²) in [6.07, 6.45) is 8.50. The number of carboxylic acids is 1. The third kappa shape index (κ3) is 5.97. The zero-order valence-corrected chi connectivity index (χ0v) is 20.5. The van der Waals surface area contributed by atoms with E-state index in [-0.39, 0.29) is 17.4 Å². The van der Waals surface area contributed by atoms with Gasteiger partial charge < -0.3 is 24.2 Å². The summed E-state index contributed by atoms with van der Waals surface area (Å²) in [6.45, 7) is 0.416. The fourth-order valence-corrected chi connectivity index (χ4v) is 3.52. The first-order valence-corrected chi connectivity index (χ1v) is 10.9. The fourth-order valence-electron chi connectivity index (χ4n) is 3.52. The number of fused-ring (bicyclic) bond motifs is 1. The molecule has 1 N–H and O–H groups in total. The van der Waals surface area contributed by atoms with Crippen LogP contribution in [-0.2, 0) is 16.1 Å². The van der Waals surface area contributed by atoms with E-state index in [2.05, 4.69) is 0 Å². The molecule has 0 radical (unpaired) electrons. The molecule has 0 aliphatic rings. The molecule has 0 aliphatic carbocycles. The van der Waals surface area contributed by atoms with E-state index in [1.165, 1.54) is 35.1 Å². The second kappa shape index (κ2) is 10.7. The number of aromatic nitrogens is 1. The van der Waals surface area contributed by atoms with Gasteiger partial charge in [-0.2, -0.15) is 0 Å². The number of amides is 2. The van der Waals surface area contributed by atoms with E-state index in [9.17, 15) is 19.5 Å². The number of likely N-dealkylation sites (N-methyl/N-ethyl adjacent to an activating group) is 2. The third-order valence-corrected chi connectivity index (χ3v) is 5.52. The van der Waals surface area contributed by atoms with Crippen LogP contribution in [0.3, 0.4) is 0 Å². The van der Waals surface area contributed by atoms with E-state index in [1.54, 1.807) is 52.5 Å². The van der Waals surface area contributed by atoms with Crippen LogP contribution in [0, 0.1) is 0 Å². The maximum Gasteiger partial charge on any atom is 0.335 e. The predicted molar refractivity (Wildman–Crippen MR) is 136 cm³/mol.